The Hall–Kier alpha value is -5.66. The van der Waals surface area contributed by atoms with Crippen LogP contribution in [0.5, 0.6) is 0 Å². The Bertz CT molecular complexity index is 2480. The zero-order chi connectivity index (χ0) is 28.3. The zero-order valence-electron chi connectivity index (χ0n) is 23.4. The Morgan fingerprint density at radius 1 is 0.279 bits per heavy atom. The van der Waals surface area contributed by atoms with Gasteiger partial charge in [-0.15, -0.1) is 0 Å². The Morgan fingerprint density at radius 2 is 0.767 bits per heavy atom. The lowest BCUT2D eigenvalue weighted by Gasteiger charge is -2.14. The fraction of sp³-hybridized carbons (Fsp3) is 0. The summed E-state index contributed by atoms with van der Waals surface area (Å²) in [6, 6.07) is 56.8. The van der Waals surface area contributed by atoms with E-state index in [1.54, 1.807) is 0 Å². The number of para-hydroxylation sites is 2. The van der Waals surface area contributed by atoms with Crippen LogP contribution in [0.25, 0.3) is 87.6 Å². The van der Waals surface area contributed by atoms with E-state index in [9.17, 15) is 0 Å². The Kier molecular flexibility index (Phi) is 5.27. The first kappa shape index (κ1) is 24.0. The summed E-state index contributed by atoms with van der Waals surface area (Å²) < 4.78 is 6.31. The van der Waals surface area contributed by atoms with E-state index in [-0.39, 0.29) is 0 Å². The van der Waals surface area contributed by atoms with Crippen molar-refractivity contribution >= 4 is 54.3 Å². The van der Waals surface area contributed by atoms with Crippen molar-refractivity contribution in [3.8, 4) is 33.4 Å². The van der Waals surface area contributed by atoms with Crippen molar-refractivity contribution in [2.24, 2.45) is 0 Å². The minimum absolute atomic E-state index is 0.924. The Labute approximate surface area is 249 Å². The van der Waals surface area contributed by atoms with Crippen molar-refractivity contribution in [1.82, 2.24) is 0 Å². The molecule has 0 spiro atoms. The number of hydrogen-bond acceptors (Lipinski definition) is 1. The van der Waals surface area contributed by atoms with E-state index in [0.717, 1.165) is 33.1 Å². The number of fused-ring (bicyclic) bond motifs is 9. The molecule has 9 aromatic rings. The summed E-state index contributed by atoms with van der Waals surface area (Å²) in [6.45, 7) is 0. The van der Waals surface area contributed by atoms with Crippen LogP contribution < -0.4 is 0 Å². The minimum atomic E-state index is 0.924. The number of benzene rings is 8. The van der Waals surface area contributed by atoms with E-state index < -0.39 is 0 Å². The number of hydrogen-bond donors (Lipinski definition) is 0. The molecule has 0 saturated heterocycles. The van der Waals surface area contributed by atoms with Crippen molar-refractivity contribution in [3.05, 3.63) is 158 Å². The van der Waals surface area contributed by atoms with E-state index in [4.69, 9.17) is 4.42 Å². The van der Waals surface area contributed by atoms with Gasteiger partial charge in [-0.3, -0.25) is 0 Å². The molecule has 0 aliphatic rings. The van der Waals surface area contributed by atoms with E-state index in [2.05, 4.69) is 146 Å². The van der Waals surface area contributed by atoms with Crippen LogP contribution in [0.2, 0.25) is 0 Å². The second kappa shape index (κ2) is 9.44. The van der Waals surface area contributed by atoms with Crippen molar-refractivity contribution in [3.63, 3.8) is 0 Å². The molecule has 200 valence electrons. The van der Waals surface area contributed by atoms with Gasteiger partial charge in [-0.1, -0.05) is 140 Å². The third-order valence-electron chi connectivity index (χ3n) is 8.88. The quantitative estimate of drug-likeness (QED) is 0.201. The molecule has 1 heteroatoms. The number of rotatable bonds is 3. The normalized spacial score (nSPS) is 11.7. The summed E-state index contributed by atoms with van der Waals surface area (Å²) in [5, 5.41) is 10.0. The summed E-state index contributed by atoms with van der Waals surface area (Å²) in [5.41, 5.74) is 9.02. The Morgan fingerprint density at radius 3 is 1.49 bits per heavy atom. The predicted octanol–water partition coefficient (Wildman–Crippen LogP) is 12.0. The van der Waals surface area contributed by atoms with Crippen LogP contribution in [-0.2, 0) is 0 Å². The van der Waals surface area contributed by atoms with Crippen molar-refractivity contribution in [2.75, 3.05) is 0 Å². The molecule has 1 heterocycles. The molecule has 0 fully saturated rings. The van der Waals surface area contributed by atoms with Gasteiger partial charge in [-0.05, 0) is 78.3 Å². The zero-order valence-corrected chi connectivity index (χ0v) is 23.4. The first-order valence-electron chi connectivity index (χ1n) is 14.8. The van der Waals surface area contributed by atoms with Crippen LogP contribution in [0.15, 0.2) is 162 Å². The topological polar surface area (TPSA) is 13.1 Å². The SMILES string of the molecule is c1ccc(-c2ccc3c(c2)c2ccccc2c2ccc(-c4ccc(-c5cccc6c5oc5ccccc56)cc4)cc23)cc1. The minimum Gasteiger partial charge on any atom is -0.455 e. The van der Waals surface area contributed by atoms with Crippen molar-refractivity contribution < 1.29 is 4.42 Å². The maximum atomic E-state index is 6.31. The highest BCUT2D eigenvalue weighted by Gasteiger charge is 2.14. The molecule has 1 aromatic heterocycles. The second-order valence-electron chi connectivity index (χ2n) is 11.3. The summed E-state index contributed by atoms with van der Waals surface area (Å²) in [5.74, 6) is 0. The van der Waals surface area contributed by atoms with Gasteiger partial charge in [0, 0.05) is 16.3 Å². The van der Waals surface area contributed by atoms with E-state index >= 15 is 0 Å². The van der Waals surface area contributed by atoms with Gasteiger partial charge in [0.15, 0.2) is 0 Å². The molecule has 0 atom stereocenters. The highest BCUT2D eigenvalue weighted by molar-refractivity contribution is 6.26. The van der Waals surface area contributed by atoms with E-state index in [1.165, 1.54) is 54.6 Å². The van der Waals surface area contributed by atoms with Crippen LogP contribution in [0.3, 0.4) is 0 Å². The summed E-state index contributed by atoms with van der Waals surface area (Å²) >= 11 is 0. The second-order valence-corrected chi connectivity index (χ2v) is 11.3. The highest BCUT2D eigenvalue weighted by atomic mass is 16.3. The molecule has 0 amide bonds. The fourth-order valence-electron chi connectivity index (χ4n) is 6.76. The maximum absolute atomic E-state index is 6.31. The smallest absolute Gasteiger partial charge is 0.143 e. The molecule has 8 aromatic carbocycles. The van der Waals surface area contributed by atoms with Crippen LogP contribution in [-0.4, -0.2) is 0 Å². The highest BCUT2D eigenvalue weighted by Crippen LogP contribution is 2.40. The fourth-order valence-corrected chi connectivity index (χ4v) is 6.76. The molecular weight excluding hydrogens is 520 g/mol. The summed E-state index contributed by atoms with van der Waals surface area (Å²) in [4.78, 5) is 0. The van der Waals surface area contributed by atoms with Crippen LogP contribution in [0, 0.1) is 0 Å². The molecule has 0 aliphatic heterocycles. The van der Waals surface area contributed by atoms with Crippen molar-refractivity contribution in [1.29, 1.82) is 0 Å². The summed E-state index contributed by atoms with van der Waals surface area (Å²) in [6.07, 6.45) is 0. The average Bonchev–Trinajstić information content (AvgIpc) is 3.47. The van der Waals surface area contributed by atoms with Gasteiger partial charge >= 0.3 is 0 Å². The van der Waals surface area contributed by atoms with E-state index in [1.807, 2.05) is 12.1 Å². The van der Waals surface area contributed by atoms with Gasteiger partial charge in [-0.2, -0.15) is 0 Å². The van der Waals surface area contributed by atoms with Crippen LogP contribution >= 0.6 is 0 Å². The van der Waals surface area contributed by atoms with Gasteiger partial charge in [0.1, 0.15) is 11.2 Å². The first-order chi connectivity index (χ1) is 21.3. The van der Waals surface area contributed by atoms with Crippen LogP contribution in [0.1, 0.15) is 0 Å². The number of furan rings is 1. The molecule has 1 nitrogen and oxygen atoms in total. The van der Waals surface area contributed by atoms with Gasteiger partial charge < -0.3 is 4.42 Å². The third kappa shape index (κ3) is 3.79. The molecule has 0 N–H and O–H groups in total. The lowest BCUT2D eigenvalue weighted by atomic mass is 9.90. The lowest BCUT2D eigenvalue weighted by Crippen LogP contribution is -1.87. The predicted molar refractivity (Wildman–Crippen MR) is 183 cm³/mol. The lowest BCUT2D eigenvalue weighted by molar-refractivity contribution is 0.670. The largest absolute Gasteiger partial charge is 0.455 e. The molecule has 0 aliphatic carbocycles. The van der Waals surface area contributed by atoms with Gasteiger partial charge in [0.2, 0.25) is 0 Å². The summed E-state index contributed by atoms with van der Waals surface area (Å²) in [7, 11) is 0. The van der Waals surface area contributed by atoms with Gasteiger partial charge in [0.05, 0.1) is 0 Å². The van der Waals surface area contributed by atoms with Crippen molar-refractivity contribution in [2.45, 2.75) is 0 Å². The molecule has 0 unspecified atom stereocenters. The molecule has 0 saturated carbocycles. The standard InChI is InChI=1S/C42H26O/c1-2-9-27(10-3-1)30-22-24-36-39(25-30)34-12-5-4-11-33(34)35-23-21-31(26-40(35)36)28-17-19-29(20-18-28)32-14-8-15-38-37-13-6-7-16-41(37)43-42(32)38/h1-26H. The molecule has 0 bridgehead atoms. The van der Waals surface area contributed by atoms with E-state index in [0.29, 0.717) is 0 Å². The maximum Gasteiger partial charge on any atom is 0.143 e. The molecule has 0 radical (unpaired) electrons. The average molecular weight is 547 g/mol. The molecular formula is C42H26O. The monoisotopic (exact) mass is 546 g/mol. The van der Waals surface area contributed by atoms with Gasteiger partial charge in [0.25, 0.3) is 0 Å². The molecule has 43 heavy (non-hydrogen) atoms. The molecule has 9 rings (SSSR count). The van der Waals surface area contributed by atoms with Gasteiger partial charge in [-0.25, -0.2) is 0 Å². The Balaban J connectivity index is 1.18. The first-order valence-corrected chi connectivity index (χ1v) is 14.8. The third-order valence-corrected chi connectivity index (χ3v) is 8.88. The van der Waals surface area contributed by atoms with Crippen LogP contribution in [0.4, 0.5) is 0 Å².